The zero-order valence-electron chi connectivity index (χ0n) is 13.2. The molecule has 1 atom stereocenters. The van der Waals surface area contributed by atoms with Crippen LogP contribution in [0.5, 0.6) is 0 Å². The summed E-state index contributed by atoms with van der Waals surface area (Å²) in [6, 6.07) is 6.35. The maximum atomic E-state index is 12.4. The standard InChI is InChI=1S/C16H20N2O4S/c1-3-18(2)14(20)12-6-4-5-11(9-12)13(19)17-16(15(21)22)7-8-23-10-16/h4-6,9H,3,7-8,10H2,1-2H3,(H,17,19)(H,21,22). The molecule has 1 aromatic rings. The number of nitrogens with zero attached hydrogens (tertiary/aromatic N) is 1. The number of rotatable bonds is 5. The molecule has 1 aliphatic heterocycles. The molecule has 0 aromatic heterocycles. The van der Waals surface area contributed by atoms with E-state index >= 15 is 0 Å². The number of aliphatic carboxylic acids is 1. The van der Waals surface area contributed by atoms with Crippen LogP contribution in [0, 0.1) is 0 Å². The number of nitrogens with one attached hydrogen (secondary N) is 1. The highest BCUT2D eigenvalue weighted by atomic mass is 32.2. The van der Waals surface area contributed by atoms with Crippen LogP contribution in [0.3, 0.4) is 0 Å². The molecule has 0 radical (unpaired) electrons. The summed E-state index contributed by atoms with van der Waals surface area (Å²) >= 11 is 1.51. The van der Waals surface area contributed by atoms with Crippen molar-refractivity contribution in [3.05, 3.63) is 35.4 Å². The molecule has 124 valence electrons. The van der Waals surface area contributed by atoms with Gasteiger partial charge >= 0.3 is 5.97 Å². The van der Waals surface area contributed by atoms with Gasteiger partial charge in [0.2, 0.25) is 0 Å². The zero-order valence-corrected chi connectivity index (χ0v) is 14.0. The molecule has 0 saturated carbocycles. The van der Waals surface area contributed by atoms with Gasteiger partial charge in [-0.3, -0.25) is 9.59 Å². The summed E-state index contributed by atoms with van der Waals surface area (Å²) in [5.74, 6) is -0.610. The van der Waals surface area contributed by atoms with Gasteiger partial charge in [-0.05, 0) is 37.3 Å². The molecule has 7 heteroatoms. The molecule has 0 bridgehead atoms. The van der Waals surface area contributed by atoms with Crippen molar-refractivity contribution < 1.29 is 19.5 Å². The second kappa shape index (κ2) is 7.04. The van der Waals surface area contributed by atoms with Gasteiger partial charge in [0.25, 0.3) is 11.8 Å². The van der Waals surface area contributed by atoms with Gasteiger partial charge in [-0.25, -0.2) is 4.79 Å². The van der Waals surface area contributed by atoms with Gasteiger partial charge in [-0.1, -0.05) is 6.07 Å². The Balaban J connectivity index is 2.20. The minimum absolute atomic E-state index is 0.175. The summed E-state index contributed by atoms with van der Waals surface area (Å²) in [4.78, 5) is 37.6. The number of carboxylic acid groups (broad SMARTS) is 1. The van der Waals surface area contributed by atoms with Gasteiger partial charge < -0.3 is 15.3 Å². The van der Waals surface area contributed by atoms with Crippen molar-refractivity contribution in [2.45, 2.75) is 18.9 Å². The maximum Gasteiger partial charge on any atom is 0.330 e. The average Bonchev–Trinajstić information content (AvgIpc) is 3.03. The molecule has 23 heavy (non-hydrogen) atoms. The molecular weight excluding hydrogens is 316 g/mol. The molecule has 2 amide bonds. The van der Waals surface area contributed by atoms with Crippen LogP contribution in [0.2, 0.25) is 0 Å². The molecule has 2 rings (SSSR count). The Labute approximate surface area is 139 Å². The third kappa shape index (κ3) is 3.67. The van der Waals surface area contributed by atoms with Crippen LogP contribution in [0.25, 0.3) is 0 Å². The van der Waals surface area contributed by atoms with Crippen LogP contribution in [-0.4, -0.2) is 58.4 Å². The van der Waals surface area contributed by atoms with Crippen molar-refractivity contribution in [1.29, 1.82) is 0 Å². The first-order valence-corrected chi connectivity index (χ1v) is 8.54. The lowest BCUT2D eigenvalue weighted by Crippen LogP contribution is -2.54. The Morgan fingerprint density at radius 3 is 2.61 bits per heavy atom. The van der Waals surface area contributed by atoms with Crippen molar-refractivity contribution >= 4 is 29.5 Å². The minimum Gasteiger partial charge on any atom is -0.479 e. The number of thioether (sulfide) groups is 1. The van der Waals surface area contributed by atoms with E-state index < -0.39 is 17.4 Å². The van der Waals surface area contributed by atoms with Crippen molar-refractivity contribution in [2.24, 2.45) is 0 Å². The molecule has 1 fully saturated rings. The number of amides is 2. The lowest BCUT2D eigenvalue weighted by atomic mass is 9.98. The Hall–Kier alpha value is -2.02. The second-order valence-electron chi connectivity index (χ2n) is 5.54. The highest BCUT2D eigenvalue weighted by Gasteiger charge is 2.43. The quantitative estimate of drug-likeness (QED) is 0.850. The van der Waals surface area contributed by atoms with Crippen molar-refractivity contribution in [3.8, 4) is 0 Å². The van der Waals surface area contributed by atoms with Gasteiger partial charge in [0, 0.05) is 30.5 Å². The summed E-state index contributed by atoms with van der Waals surface area (Å²) in [6.07, 6.45) is 0.399. The number of carboxylic acids is 1. The van der Waals surface area contributed by atoms with E-state index in [0.29, 0.717) is 30.0 Å². The molecule has 0 spiro atoms. The summed E-state index contributed by atoms with van der Waals surface area (Å²) in [5.41, 5.74) is -0.521. The smallest absolute Gasteiger partial charge is 0.330 e. The van der Waals surface area contributed by atoms with Crippen molar-refractivity contribution in [1.82, 2.24) is 10.2 Å². The number of carbonyl (C=O) groups excluding carboxylic acids is 2. The fourth-order valence-electron chi connectivity index (χ4n) is 2.33. The average molecular weight is 336 g/mol. The minimum atomic E-state index is -1.22. The third-order valence-electron chi connectivity index (χ3n) is 3.98. The van der Waals surface area contributed by atoms with E-state index in [2.05, 4.69) is 5.32 Å². The van der Waals surface area contributed by atoms with Crippen LogP contribution in [0.1, 0.15) is 34.1 Å². The van der Waals surface area contributed by atoms with Gasteiger partial charge in [0.15, 0.2) is 0 Å². The summed E-state index contributed by atoms with van der Waals surface area (Å²) in [5, 5.41) is 12.1. The SMILES string of the molecule is CCN(C)C(=O)c1cccc(C(=O)NC2(C(=O)O)CCSC2)c1. The molecule has 6 nitrogen and oxygen atoms in total. The van der Waals surface area contributed by atoms with E-state index in [-0.39, 0.29) is 11.5 Å². The van der Waals surface area contributed by atoms with E-state index in [1.54, 1.807) is 30.1 Å². The van der Waals surface area contributed by atoms with Gasteiger partial charge in [0.05, 0.1) is 0 Å². The number of hydrogen-bond donors (Lipinski definition) is 2. The molecule has 0 aliphatic carbocycles. The fourth-order valence-corrected chi connectivity index (χ4v) is 3.66. The van der Waals surface area contributed by atoms with Gasteiger partial charge in [-0.15, -0.1) is 0 Å². The van der Waals surface area contributed by atoms with E-state index in [1.807, 2.05) is 6.92 Å². The Morgan fingerprint density at radius 2 is 2.04 bits per heavy atom. The van der Waals surface area contributed by atoms with Crippen molar-refractivity contribution in [2.75, 3.05) is 25.1 Å². The normalized spacial score (nSPS) is 20.1. The summed E-state index contributed by atoms with van der Waals surface area (Å²) in [7, 11) is 1.68. The van der Waals surface area contributed by atoms with E-state index in [4.69, 9.17) is 0 Å². The van der Waals surface area contributed by atoms with Crippen LogP contribution in [0.4, 0.5) is 0 Å². The third-order valence-corrected chi connectivity index (χ3v) is 5.17. The molecule has 2 N–H and O–H groups in total. The van der Waals surface area contributed by atoms with E-state index in [0.717, 1.165) is 0 Å². The van der Waals surface area contributed by atoms with Gasteiger partial charge in [0.1, 0.15) is 5.54 Å². The van der Waals surface area contributed by atoms with E-state index in [9.17, 15) is 19.5 Å². The number of hydrogen-bond acceptors (Lipinski definition) is 4. The lowest BCUT2D eigenvalue weighted by Gasteiger charge is -2.24. The predicted octanol–water partition coefficient (Wildman–Crippen LogP) is 1.47. The number of benzene rings is 1. The van der Waals surface area contributed by atoms with Gasteiger partial charge in [-0.2, -0.15) is 11.8 Å². The Morgan fingerprint density at radius 1 is 1.35 bits per heavy atom. The van der Waals surface area contributed by atoms with Crippen molar-refractivity contribution in [3.63, 3.8) is 0 Å². The lowest BCUT2D eigenvalue weighted by molar-refractivity contribution is -0.143. The Kier molecular flexibility index (Phi) is 5.30. The van der Waals surface area contributed by atoms with Crippen LogP contribution < -0.4 is 5.32 Å². The van der Waals surface area contributed by atoms with Crippen LogP contribution in [-0.2, 0) is 4.79 Å². The fraction of sp³-hybridized carbons (Fsp3) is 0.438. The highest BCUT2D eigenvalue weighted by Crippen LogP contribution is 2.28. The molecule has 1 heterocycles. The molecule has 1 aliphatic rings. The molecule has 1 saturated heterocycles. The predicted molar refractivity (Wildman–Crippen MR) is 88.9 cm³/mol. The number of carbonyl (C=O) groups is 3. The molecular formula is C16H20N2O4S. The van der Waals surface area contributed by atoms with Crippen LogP contribution in [0.15, 0.2) is 24.3 Å². The topological polar surface area (TPSA) is 86.7 Å². The van der Waals surface area contributed by atoms with E-state index in [1.165, 1.54) is 17.8 Å². The summed E-state index contributed by atoms with van der Waals surface area (Å²) < 4.78 is 0. The Bertz CT molecular complexity index is 626. The maximum absolute atomic E-state index is 12.4. The second-order valence-corrected chi connectivity index (χ2v) is 6.65. The first-order chi connectivity index (χ1) is 10.9. The highest BCUT2D eigenvalue weighted by molar-refractivity contribution is 7.99. The van der Waals surface area contributed by atoms with Crippen LogP contribution >= 0.6 is 11.8 Å². The molecule has 1 aromatic carbocycles. The molecule has 1 unspecified atom stereocenters. The largest absolute Gasteiger partial charge is 0.479 e. The first-order valence-electron chi connectivity index (χ1n) is 7.39. The monoisotopic (exact) mass is 336 g/mol. The first kappa shape index (κ1) is 17.3. The zero-order chi connectivity index (χ0) is 17.0. The summed E-state index contributed by atoms with van der Waals surface area (Å²) in [6.45, 7) is 2.43.